The molecular formula is C15H18O5. The van der Waals surface area contributed by atoms with Gasteiger partial charge in [0.1, 0.15) is 0 Å². The summed E-state index contributed by atoms with van der Waals surface area (Å²) < 4.78 is 5.77. The standard InChI is InChI=1S/C15H18O5/c16-7-10-11-4-5-12(20-11)13(10)14(17)8-2-1-3-9(6-8)15(18)19/h1-3,6,10-14,16-17H,4-5,7H2,(H,18,19)/t10-,11-,12?,13-,14-/m1/s1. The number of aliphatic hydroxyl groups excluding tert-OH is 2. The largest absolute Gasteiger partial charge is 0.478 e. The van der Waals surface area contributed by atoms with Crippen molar-refractivity contribution in [3.8, 4) is 0 Å². The average Bonchev–Trinajstić information content (AvgIpc) is 3.06. The molecule has 1 unspecified atom stereocenters. The third-order valence-electron chi connectivity index (χ3n) is 4.54. The van der Waals surface area contributed by atoms with Crippen LogP contribution in [0.2, 0.25) is 0 Å². The second-order valence-electron chi connectivity index (χ2n) is 5.59. The van der Waals surface area contributed by atoms with Gasteiger partial charge in [-0.3, -0.25) is 0 Å². The average molecular weight is 278 g/mol. The minimum absolute atomic E-state index is 0.0124. The lowest BCUT2D eigenvalue weighted by molar-refractivity contribution is 0.0303. The minimum Gasteiger partial charge on any atom is -0.478 e. The topological polar surface area (TPSA) is 87.0 Å². The van der Waals surface area contributed by atoms with E-state index in [0.717, 1.165) is 12.8 Å². The molecule has 2 heterocycles. The van der Waals surface area contributed by atoms with E-state index in [-0.39, 0.29) is 36.2 Å². The smallest absolute Gasteiger partial charge is 0.335 e. The molecule has 5 atom stereocenters. The molecule has 20 heavy (non-hydrogen) atoms. The van der Waals surface area contributed by atoms with Crippen LogP contribution in [0, 0.1) is 11.8 Å². The highest BCUT2D eigenvalue weighted by Crippen LogP contribution is 2.48. The van der Waals surface area contributed by atoms with E-state index in [2.05, 4.69) is 0 Å². The van der Waals surface area contributed by atoms with Crippen molar-refractivity contribution in [2.24, 2.45) is 11.8 Å². The molecule has 5 heteroatoms. The third kappa shape index (κ3) is 2.12. The summed E-state index contributed by atoms with van der Waals surface area (Å²) in [4.78, 5) is 11.0. The van der Waals surface area contributed by atoms with Crippen LogP contribution in [-0.4, -0.2) is 40.1 Å². The van der Waals surface area contributed by atoms with Crippen molar-refractivity contribution >= 4 is 5.97 Å². The van der Waals surface area contributed by atoms with Crippen LogP contribution in [0.15, 0.2) is 24.3 Å². The van der Waals surface area contributed by atoms with E-state index in [1.165, 1.54) is 12.1 Å². The van der Waals surface area contributed by atoms with Crippen molar-refractivity contribution in [2.45, 2.75) is 31.2 Å². The van der Waals surface area contributed by atoms with Gasteiger partial charge in [0.25, 0.3) is 0 Å². The van der Waals surface area contributed by atoms with Gasteiger partial charge in [0.05, 0.1) is 23.9 Å². The normalized spacial score (nSPS) is 33.3. The lowest BCUT2D eigenvalue weighted by atomic mass is 9.75. The Morgan fingerprint density at radius 3 is 2.80 bits per heavy atom. The number of rotatable bonds is 4. The van der Waals surface area contributed by atoms with E-state index in [0.29, 0.717) is 5.56 Å². The van der Waals surface area contributed by atoms with Crippen molar-refractivity contribution in [3.05, 3.63) is 35.4 Å². The van der Waals surface area contributed by atoms with Crippen LogP contribution in [0.25, 0.3) is 0 Å². The Hall–Kier alpha value is -1.43. The summed E-state index contributed by atoms with van der Waals surface area (Å²) >= 11 is 0. The van der Waals surface area contributed by atoms with E-state index in [1.54, 1.807) is 12.1 Å². The van der Waals surface area contributed by atoms with Crippen LogP contribution in [-0.2, 0) is 4.74 Å². The van der Waals surface area contributed by atoms with Crippen LogP contribution >= 0.6 is 0 Å². The molecule has 2 bridgehead atoms. The quantitative estimate of drug-likeness (QED) is 0.770. The van der Waals surface area contributed by atoms with Gasteiger partial charge in [-0.2, -0.15) is 0 Å². The molecule has 0 aromatic heterocycles. The molecule has 0 aliphatic carbocycles. The third-order valence-corrected chi connectivity index (χ3v) is 4.54. The summed E-state index contributed by atoms with van der Waals surface area (Å²) in [6, 6.07) is 6.34. The number of aliphatic hydroxyl groups is 2. The predicted octanol–water partition coefficient (Wildman–Crippen LogP) is 1.20. The minimum atomic E-state index is -1.01. The number of carboxylic acid groups (broad SMARTS) is 1. The first-order valence-electron chi connectivity index (χ1n) is 6.89. The fourth-order valence-corrected chi connectivity index (χ4v) is 3.57. The number of hydrogen-bond donors (Lipinski definition) is 3. The van der Waals surface area contributed by atoms with Crippen molar-refractivity contribution in [1.29, 1.82) is 0 Å². The molecule has 3 N–H and O–H groups in total. The maximum Gasteiger partial charge on any atom is 0.335 e. The van der Waals surface area contributed by atoms with Crippen molar-refractivity contribution < 1.29 is 24.9 Å². The molecule has 2 saturated heterocycles. The van der Waals surface area contributed by atoms with Gasteiger partial charge in [-0.15, -0.1) is 0 Å². The number of ether oxygens (including phenoxy) is 1. The Bertz CT molecular complexity index is 515. The number of aromatic carboxylic acids is 1. The van der Waals surface area contributed by atoms with Gasteiger partial charge in [0, 0.05) is 18.4 Å². The van der Waals surface area contributed by atoms with E-state index in [1.807, 2.05) is 0 Å². The summed E-state index contributed by atoms with van der Waals surface area (Å²) in [6.07, 6.45) is 0.991. The second-order valence-corrected chi connectivity index (χ2v) is 5.59. The van der Waals surface area contributed by atoms with Crippen LogP contribution in [0.1, 0.15) is 34.9 Å². The van der Waals surface area contributed by atoms with Crippen LogP contribution < -0.4 is 0 Å². The Kier molecular flexibility index (Phi) is 3.50. The van der Waals surface area contributed by atoms with Gasteiger partial charge >= 0.3 is 5.97 Å². The number of carbonyl (C=O) groups is 1. The lowest BCUT2D eigenvalue weighted by Gasteiger charge is -2.30. The molecular weight excluding hydrogens is 260 g/mol. The first kappa shape index (κ1) is 13.5. The fraction of sp³-hybridized carbons (Fsp3) is 0.533. The van der Waals surface area contributed by atoms with Gasteiger partial charge in [-0.1, -0.05) is 12.1 Å². The number of benzene rings is 1. The maximum absolute atomic E-state index is 11.0. The van der Waals surface area contributed by atoms with Crippen LogP contribution in [0.3, 0.4) is 0 Å². The molecule has 0 radical (unpaired) electrons. The first-order chi connectivity index (χ1) is 9.61. The zero-order valence-corrected chi connectivity index (χ0v) is 11.0. The summed E-state index contributed by atoms with van der Waals surface area (Å²) in [7, 11) is 0. The van der Waals surface area contributed by atoms with Crippen molar-refractivity contribution in [2.75, 3.05) is 6.61 Å². The predicted molar refractivity (Wildman–Crippen MR) is 70.3 cm³/mol. The van der Waals surface area contributed by atoms with E-state index in [4.69, 9.17) is 9.84 Å². The monoisotopic (exact) mass is 278 g/mol. The van der Waals surface area contributed by atoms with E-state index in [9.17, 15) is 15.0 Å². The highest BCUT2D eigenvalue weighted by Gasteiger charge is 2.51. The highest BCUT2D eigenvalue weighted by atomic mass is 16.5. The molecule has 1 aromatic carbocycles. The molecule has 0 spiro atoms. The molecule has 108 valence electrons. The highest BCUT2D eigenvalue weighted by molar-refractivity contribution is 5.87. The maximum atomic E-state index is 11.0. The van der Waals surface area contributed by atoms with E-state index < -0.39 is 12.1 Å². The molecule has 3 rings (SSSR count). The first-order valence-corrected chi connectivity index (χ1v) is 6.89. The Morgan fingerprint density at radius 2 is 2.10 bits per heavy atom. The molecule has 2 fully saturated rings. The van der Waals surface area contributed by atoms with Gasteiger partial charge in [-0.25, -0.2) is 4.79 Å². The SMILES string of the molecule is O=C(O)c1cccc([C@@H](O)[C@H]2C3CC[C@@H](O3)[C@H]2CO)c1. The zero-order valence-electron chi connectivity index (χ0n) is 11.0. The lowest BCUT2D eigenvalue weighted by Crippen LogP contribution is -2.34. The Morgan fingerprint density at radius 1 is 1.35 bits per heavy atom. The van der Waals surface area contributed by atoms with Crippen LogP contribution in [0.5, 0.6) is 0 Å². The molecule has 0 saturated carbocycles. The van der Waals surface area contributed by atoms with Gasteiger partial charge < -0.3 is 20.1 Å². The summed E-state index contributed by atoms with van der Waals surface area (Å²) in [6.45, 7) is -0.0124. The Balaban J connectivity index is 1.86. The molecule has 0 amide bonds. The number of carboxylic acids is 1. The molecule has 5 nitrogen and oxygen atoms in total. The Labute approximate surface area is 116 Å². The van der Waals surface area contributed by atoms with Crippen molar-refractivity contribution in [3.63, 3.8) is 0 Å². The van der Waals surface area contributed by atoms with Gasteiger partial charge in [0.15, 0.2) is 0 Å². The molecule has 2 aliphatic rings. The summed E-state index contributed by atoms with van der Waals surface area (Å²) in [5, 5.41) is 29.1. The van der Waals surface area contributed by atoms with Crippen LogP contribution in [0.4, 0.5) is 0 Å². The zero-order chi connectivity index (χ0) is 14.3. The van der Waals surface area contributed by atoms with Crippen molar-refractivity contribution in [1.82, 2.24) is 0 Å². The summed E-state index contributed by atoms with van der Waals surface area (Å²) in [5.41, 5.74) is 0.732. The second kappa shape index (κ2) is 5.16. The van der Waals surface area contributed by atoms with E-state index >= 15 is 0 Å². The summed E-state index contributed by atoms with van der Waals surface area (Å²) in [5.74, 6) is -1.25. The number of hydrogen-bond acceptors (Lipinski definition) is 4. The number of fused-ring (bicyclic) bond motifs is 2. The van der Waals surface area contributed by atoms with Gasteiger partial charge in [-0.05, 0) is 30.5 Å². The fourth-order valence-electron chi connectivity index (χ4n) is 3.57. The molecule has 1 aromatic rings. The molecule has 2 aliphatic heterocycles. The van der Waals surface area contributed by atoms with Gasteiger partial charge in [0.2, 0.25) is 0 Å².